The highest BCUT2D eigenvalue weighted by Crippen LogP contribution is 2.33. The molecule has 15 heteroatoms. The average Bonchev–Trinajstić information content (AvgIpc) is 3.13. The Bertz CT molecular complexity index is 1920. The Labute approximate surface area is 332 Å². The first-order valence-electron chi connectivity index (χ1n) is 15.5. The number of imide groups is 1. The van der Waals surface area contributed by atoms with E-state index in [-0.39, 0.29) is 22.3 Å². The molecule has 2 amide bonds. The van der Waals surface area contributed by atoms with Crippen molar-refractivity contribution in [2.45, 2.75) is 37.6 Å². The summed E-state index contributed by atoms with van der Waals surface area (Å²) in [6, 6.07) is 23.7. The van der Waals surface area contributed by atoms with Crippen LogP contribution in [0.4, 0.5) is 0 Å². The number of benzene rings is 4. The number of hydrogen-bond donors (Lipinski definition) is 0. The van der Waals surface area contributed by atoms with Crippen LogP contribution in [0.5, 0.6) is 0 Å². The molecule has 52 heavy (non-hydrogen) atoms. The Kier molecular flexibility index (Phi) is 13.6. The molecule has 5 atom stereocenters. The lowest BCUT2D eigenvalue weighted by Crippen LogP contribution is -2.68. The minimum Gasteiger partial charge on any atom is -0.459 e. The zero-order valence-electron chi connectivity index (χ0n) is 27.4. The van der Waals surface area contributed by atoms with E-state index in [4.69, 9.17) is 23.7 Å². The number of carbonyl (C=O) groups excluding carboxylic acids is 5. The standard InChI is InChI=1S/C37H29Br4NO10/c1-20(43)42(33(44)21-3-11-25(38)12-4-21)30-32(52-36(47)24-9-17-28(41)18-10-24)31(51-35(46)23-7-15-27(40)16-8-23)29(50-37(30)48-2)19-49-34(45)22-5-13-26(39)14-6-22/h3-18,29-32,37H,19H2,1-2H3/t29-,30-,31+,32-,37-/m1/s1. The molecular weight excluding hydrogens is 938 g/mol. The smallest absolute Gasteiger partial charge is 0.338 e. The van der Waals surface area contributed by atoms with Crippen molar-refractivity contribution in [2.24, 2.45) is 0 Å². The number of halogens is 4. The normalized spacial score (nSPS) is 19.6. The van der Waals surface area contributed by atoms with Crippen LogP contribution in [0.1, 0.15) is 48.4 Å². The molecule has 1 aliphatic rings. The molecule has 0 aromatic heterocycles. The second-order valence-electron chi connectivity index (χ2n) is 11.3. The first-order chi connectivity index (χ1) is 24.9. The van der Waals surface area contributed by atoms with E-state index < -0.39 is 67.0 Å². The van der Waals surface area contributed by atoms with Gasteiger partial charge in [-0.25, -0.2) is 14.4 Å². The second kappa shape index (κ2) is 17.9. The largest absolute Gasteiger partial charge is 0.459 e. The first kappa shape index (κ1) is 39.5. The van der Waals surface area contributed by atoms with Gasteiger partial charge in [-0.2, -0.15) is 0 Å². The third kappa shape index (κ3) is 9.62. The highest BCUT2D eigenvalue weighted by molar-refractivity contribution is 9.11. The molecule has 270 valence electrons. The summed E-state index contributed by atoms with van der Waals surface area (Å²) in [5, 5.41) is 0. The maximum Gasteiger partial charge on any atom is 0.338 e. The van der Waals surface area contributed by atoms with Crippen LogP contribution in [0.15, 0.2) is 115 Å². The molecule has 0 unspecified atom stereocenters. The first-order valence-corrected chi connectivity index (χ1v) is 18.7. The summed E-state index contributed by atoms with van der Waals surface area (Å²) in [5.74, 6) is -3.94. The Balaban J connectivity index is 1.60. The van der Waals surface area contributed by atoms with Gasteiger partial charge < -0.3 is 23.7 Å². The predicted molar refractivity (Wildman–Crippen MR) is 202 cm³/mol. The summed E-state index contributed by atoms with van der Waals surface area (Å²) < 4.78 is 32.5. The fraction of sp³-hybridized carbons (Fsp3) is 0.216. The fourth-order valence-corrected chi connectivity index (χ4v) is 6.43. The van der Waals surface area contributed by atoms with Gasteiger partial charge in [0.1, 0.15) is 18.8 Å². The highest BCUT2D eigenvalue weighted by Gasteiger charge is 2.55. The zero-order valence-corrected chi connectivity index (χ0v) is 33.7. The monoisotopic (exact) mass is 963 g/mol. The molecule has 1 saturated heterocycles. The van der Waals surface area contributed by atoms with Gasteiger partial charge in [0, 0.05) is 37.5 Å². The summed E-state index contributed by atoms with van der Waals surface area (Å²) in [7, 11) is 1.27. The van der Waals surface area contributed by atoms with Crippen molar-refractivity contribution in [1.82, 2.24) is 4.90 Å². The molecule has 0 N–H and O–H groups in total. The number of amides is 2. The van der Waals surface area contributed by atoms with Crippen LogP contribution >= 0.6 is 63.7 Å². The van der Waals surface area contributed by atoms with Crippen molar-refractivity contribution in [1.29, 1.82) is 0 Å². The van der Waals surface area contributed by atoms with Crippen molar-refractivity contribution in [3.63, 3.8) is 0 Å². The van der Waals surface area contributed by atoms with Gasteiger partial charge in [0.2, 0.25) is 5.91 Å². The van der Waals surface area contributed by atoms with Gasteiger partial charge >= 0.3 is 17.9 Å². The molecule has 1 fully saturated rings. The van der Waals surface area contributed by atoms with Crippen LogP contribution in [0.25, 0.3) is 0 Å². The lowest BCUT2D eigenvalue weighted by Gasteiger charge is -2.47. The minimum absolute atomic E-state index is 0.118. The van der Waals surface area contributed by atoms with Crippen molar-refractivity contribution in [3.8, 4) is 0 Å². The zero-order chi connectivity index (χ0) is 37.5. The van der Waals surface area contributed by atoms with E-state index in [1.54, 1.807) is 60.7 Å². The van der Waals surface area contributed by atoms with Crippen LogP contribution in [0.2, 0.25) is 0 Å². The van der Waals surface area contributed by atoms with E-state index in [0.29, 0.717) is 13.4 Å². The minimum atomic E-state index is -1.60. The Morgan fingerprint density at radius 3 is 1.38 bits per heavy atom. The van der Waals surface area contributed by atoms with Crippen LogP contribution in [-0.2, 0) is 28.5 Å². The van der Waals surface area contributed by atoms with Gasteiger partial charge in [-0.05, 0) is 97.1 Å². The molecule has 5 rings (SSSR count). The van der Waals surface area contributed by atoms with Crippen LogP contribution in [-0.4, -0.2) is 79.0 Å². The van der Waals surface area contributed by atoms with Gasteiger partial charge in [0.25, 0.3) is 5.91 Å². The SMILES string of the molecule is CO[C@@H]1O[C@H](COC(=O)c2ccc(Br)cc2)[C@H](OC(=O)c2ccc(Br)cc2)[C@H](OC(=O)c2ccc(Br)cc2)[C@H]1N(C(C)=O)C(=O)c1ccc(Br)cc1. The summed E-state index contributed by atoms with van der Waals surface area (Å²) in [6.07, 6.45) is -5.93. The van der Waals surface area contributed by atoms with Crippen LogP contribution in [0.3, 0.4) is 0 Å². The van der Waals surface area contributed by atoms with Gasteiger partial charge in [-0.3, -0.25) is 14.5 Å². The molecule has 4 aromatic carbocycles. The van der Waals surface area contributed by atoms with Gasteiger partial charge in [0.05, 0.1) is 16.7 Å². The van der Waals surface area contributed by atoms with E-state index >= 15 is 0 Å². The second-order valence-corrected chi connectivity index (χ2v) is 15.0. The molecular formula is C37H29Br4NO10. The van der Waals surface area contributed by atoms with Crippen molar-refractivity contribution in [2.75, 3.05) is 13.7 Å². The van der Waals surface area contributed by atoms with E-state index in [0.717, 1.165) is 16.3 Å². The molecule has 0 spiro atoms. The topological polar surface area (TPSA) is 135 Å². The number of methoxy groups -OCH3 is 1. The summed E-state index contributed by atoms with van der Waals surface area (Å²) >= 11 is 13.4. The van der Waals surface area contributed by atoms with E-state index in [9.17, 15) is 24.0 Å². The van der Waals surface area contributed by atoms with Crippen molar-refractivity contribution >= 4 is 93.4 Å². The maximum atomic E-state index is 14.1. The molecule has 1 heterocycles. The summed E-state index contributed by atoms with van der Waals surface area (Å²) in [6.45, 7) is 0.652. The quantitative estimate of drug-likeness (QED) is 0.115. The number of carbonyl (C=O) groups is 5. The predicted octanol–water partition coefficient (Wildman–Crippen LogP) is 7.77. The van der Waals surface area contributed by atoms with Crippen molar-refractivity contribution in [3.05, 3.63) is 137 Å². The van der Waals surface area contributed by atoms with E-state index in [1.165, 1.54) is 43.5 Å². The Morgan fingerprint density at radius 2 is 0.981 bits per heavy atom. The molecule has 0 aliphatic carbocycles. The number of hydrogen-bond acceptors (Lipinski definition) is 10. The maximum absolute atomic E-state index is 14.1. The lowest BCUT2D eigenvalue weighted by molar-refractivity contribution is -0.273. The van der Waals surface area contributed by atoms with Gasteiger partial charge in [-0.1, -0.05) is 63.7 Å². The van der Waals surface area contributed by atoms with Crippen LogP contribution < -0.4 is 0 Å². The fourth-order valence-electron chi connectivity index (χ4n) is 5.37. The molecule has 1 aliphatic heterocycles. The van der Waals surface area contributed by atoms with Crippen molar-refractivity contribution < 1.29 is 47.7 Å². The summed E-state index contributed by atoms with van der Waals surface area (Å²) in [5.41, 5.74) is 0.601. The molecule has 4 aromatic rings. The number of ether oxygens (including phenoxy) is 5. The summed E-state index contributed by atoms with van der Waals surface area (Å²) in [4.78, 5) is 69.0. The highest BCUT2D eigenvalue weighted by atomic mass is 79.9. The third-order valence-electron chi connectivity index (χ3n) is 7.90. The van der Waals surface area contributed by atoms with Gasteiger partial charge in [-0.15, -0.1) is 0 Å². The molecule has 0 bridgehead atoms. The molecule has 0 radical (unpaired) electrons. The molecule has 11 nitrogen and oxygen atoms in total. The molecule has 0 saturated carbocycles. The van der Waals surface area contributed by atoms with Crippen LogP contribution in [0, 0.1) is 0 Å². The Hall–Kier alpha value is -3.73. The van der Waals surface area contributed by atoms with Gasteiger partial charge in [0.15, 0.2) is 18.5 Å². The Morgan fingerprint density at radius 1 is 0.596 bits per heavy atom. The average molecular weight is 967 g/mol. The number of esters is 3. The van der Waals surface area contributed by atoms with E-state index in [2.05, 4.69) is 63.7 Å². The van der Waals surface area contributed by atoms with E-state index in [1.807, 2.05) is 0 Å². The number of rotatable bonds is 10. The lowest BCUT2D eigenvalue weighted by atomic mass is 9.93. The third-order valence-corrected chi connectivity index (χ3v) is 10.0. The number of nitrogens with zero attached hydrogens (tertiary/aromatic N) is 1.